The zero-order chi connectivity index (χ0) is 17.1. The topological polar surface area (TPSA) is 66.2 Å². The van der Waals surface area contributed by atoms with E-state index < -0.39 is 17.7 Å². The number of rotatable bonds is 3. The van der Waals surface area contributed by atoms with Crippen molar-refractivity contribution in [3.63, 3.8) is 0 Å². The lowest BCUT2D eigenvalue weighted by Gasteiger charge is -2.35. The van der Waals surface area contributed by atoms with Crippen molar-refractivity contribution in [3.8, 4) is 11.8 Å². The minimum Gasteiger partial charge on any atom is -0.487 e. The summed E-state index contributed by atoms with van der Waals surface area (Å²) in [6.07, 6.45) is 1.93. The third kappa shape index (κ3) is 2.02. The lowest BCUT2D eigenvalue weighted by molar-refractivity contribution is -0.154. The Morgan fingerprint density at radius 2 is 2.25 bits per heavy atom. The molecule has 2 aliphatic heterocycles. The van der Waals surface area contributed by atoms with Crippen LogP contribution >= 0.6 is 0 Å². The van der Waals surface area contributed by atoms with E-state index in [1.807, 2.05) is 6.07 Å². The minimum atomic E-state index is -2.69. The number of hydrogen-bond acceptors (Lipinski definition) is 4. The fourth-order valence-electron chi connectivity index (χ4n) is 3.92. The minimum absolute atomic E-state index is 0.255. The van der Waals surface area contributed by atoms with E-state index in [-0.39, 0.29) is 24.6 Å². The summed E-state index contributed by atoms with van der Waals surface area (Å²) in [7, 11) is 0. The summed E-state index contributed by atoms with van der Waals surface area (Å²) < 4.78 is 33.2. The zero-order valence-electron chi connectivity index (χ0n) is 13.2. The fourth-order valence-corrected chi connectivity index (χ4v) is 3.92. The lowest BCUT2D eigenvalue weighted by Crippen LogP contribution is -2.47. The molecule has 4 rings (SSSR count). The van der Waals surface area contributed by atoms with Gasteiger partial charge in [-0.15, -0.1) is 0 Å². The predicted octanol–water partition coefficient (Wildman–Crippen LogP) is 2.67. The summed E-state index contributed by atoms with van der Waals surface area (Å²) in [5.41, 5.74) is -0.684. The van der Waals surface area contributed by atoms with Gasteiger partial charge in [0.2, 0.25) is 5.91 Å². The molecule has 1 amide bonds. The molecule has 2 bridgehead atoms. The standard InChI is InChI=1S/C17H17F2N3O2/c1-17(15(18)19,10-2-3-10)16(23)22-8-11-4-13(22)12-7-21-6-9(5-20)14(12)24-11/h6-7,10-11,13,15H,2-4,8H2,1H3/t11-,13-,17?/m0/s1. The van der Waals surface area contributed by atoms with Crippen LogP contribution in [0.4, 0.5) is 8.78 Å². The van der Waals surface area contributed by atoms with E-state index in [2.05, 4.69) is 4.98 Å². The van der Waals surface area contributed by atoms with Crippen LogP contribution in [0.5, 0.6) is 5.75 Å². The number of ether oxygens (including phenoxy) is 1. The summed E-state index contributed by atoms with van der Waals surface area (Å²) >= 11 is 0. The highest BCUT2D eigenvalue weighted by Gasteiger charge is 2.57. The number of aromatic nitrogens is 1. The third-order valence-corrected chi connectivity index (χ3v) is 5.55. The molecule has 5 nitrogen and oxygen atoms in total. The first-order valence-electron chi connectivity index (χ1n) is 8.10. The molecule has 2 fully saturated rings. The van der Waals surface area contributed by atoms with Crippen LogP contribution in [0, 0.1) is 22.7 Å². The number of nitriles is 1. The molecule has 3 atom stereocenters. The van der Waals surface area contributed by atoms with Gasteiger partial charge < -0.3 is 9.64 Å². The van der Waals surface area contributed by atoms with E-state index in [4.69, 9.17) is 4.74 Å². The zero-order valence-corrected chi connectivity index (χ0v) is 13.2. The molecule has 24 heavy (non-hydrogen) atoms. The Balaban J connectivity index is 1.71. The van der Waals surface area contributed by atoms with Gasteiger partial charge >= 0.3 is 0 Å². The Bertz CT molecular complexity index is 740. The Hall–Kier alpha value is -2.23. The van der Waals surface area contributed by atoms with E-state index in [0.717, 1.165) is 0 Å². The quantitative estimate of drug-likeness (QED) is 0.853. The average molecular weight is 333 g/mol. The van der Waals surface area contributed by atoms with Gasteiger partial charge in [0.25, 0.3) is 6.43 Å². The van der Waals surface area contributed by atoms with Crippen molar-refractivity contribution in [3.05, 3.63) is 23.5 Å². The number of carbonyl (C=O) groups excluding carboxylic acids is 1. The summed E-state index contributed by atoms with van der Waals surface area (Å²) in [4.78, 5) is 18.6. The van der Waals surface area contributed by atoms with Crippen LogP contribution in [0.1, 0.15) is 43.4 Å². The third-order valence-electron chi connectivity index (χ3n) is 5.55. The summed E-state index contributed by atoms with van der Waals surface area (Å²) in [5.74, 6) is -0.324. The molecule has 1 aromatic rings. The number of fused-ring (bicyclic) bond motifs is 4. The molecular formula is C17H17F2N3O2. The van der Waals surface area contributed by atoms with Crippen LogP contribution in [0.3, 0.4) is 0 Å². The van der Waals surface area contributed by atoms with E-state index >= 15 is 0 Å². The second-order valence-electron chi connectivity index (χ2n) is 7.02. The Morgan fingerprint density at radius 1 is 1.50 bits per heavy atom. The molecule has 0 spiro atoms. The molecule has 3 heterocycles. The first kappa shape index (κ1) is 15.3. The molecule has 0 N–H and O–H groups in total. The molecule has 126 valence electrons. The van der Waals surface area contributed by atoms with Gasteiger partial charge in [-0.1, -0.05) is 0 Å². The van der Waals surface area contributed by atoms with Crippen LogP contribution in [0.2, 0.25) is 0 Å². The predicted molar refractivity (Wildman–Crippen MR) is 79.3 cm³/mol. The Labute approximate surface area is 138 Å². The lowest BCUT2D eigenvalue weighted by atomic mass is 9.83. The second-order valence-corrected chi connectivity index (χ2v) is 7.02. The molecule has 1 aromatic heterocycles. The van der Waals surface area contributed by atoms with Gasteiger partial charge in [-0.05, 0) is 25.7 Å². The van der Waals surface area contributed by atoms with Crippen molar-refractivity contribution in [2.24, 2.45) is 11.3 Å². The van der Waals surface area contributed by atoms with E-state index in [9.17, 15) is 18.8 Å². The van der Waals surface area contributed by atoms with Crippen molar-refractivity contribution in [2.45, 2.75) is 44.8 Å². The Morgan fingerprint density at radius 3 is 2.88 bits per heavy atom. The van der Waals surface area contributed by atoms with Gasteiger partial charge in [0.05, 0.1) is 12.6 Å². The number of carbonyl (C=O) groups is 1. The monoisotopic (exact) mass is 333 g/mol. The van der Waals surface area contributed by atoms with Gasteiger partial charge in [-0.2, -0.15) is 5.26 Å². The number of halogens is 2. The highest BCUT2D eigenvalue weighted by Crippen LogP contribution is 2.53. The van der Waals surface area contributed by atoms with Crippen LogP contribution < -0.4 is 4.74 Å². The molecule has 0 radical (unpaired) electrons. The van der Waals surface area contributed by atoms with Crippen molar-refractivity contribution < 1.29 is 18.3 Å². The van der Waals surface area contributed by atoms with Crippen LogP contribution in [-0.4, -0.2) is 34.9 Å². The maximum atomic E-state index is 13.7. The first-order chi connectivity index (χ1) is 11.5. The Kier molecular flexibility index (Phi) is 3.27. The maximum absolute atomic E-state index is 13.7. The SMILES string of the molecule is CC(C(=O)N1C[C@@H]2C[C@H]1c1cncc(C#N)c1O2)(C(F)F)C1CC1. The van der Waals surface area contributed by atoms with Gasteiger partial charge in [0, 0.05) is 24.4 Å². The molecule has 1 saturated heterocycles. The summed E-state index contributed by atoms with van der Waals surface area (Å²) in [6.45, 7) is 1.66. The van der Waals surface area contributed by atoms with Crippen LogP contribution in [0.25, 0.3) is 0 Å². The molecular weight excluding hydrogens is 316 g/mol. The van der Waals surface area contributed by atoms with E-state index in [0.29, 0.717) is 36.1 Å². The molecule has 1 saturated carbocycles. The molecule has 1 unspecified atom stereocenters. The maximum Gasteiger partial charge on any atom is 0.252 e. The number of nitrogens with zero attached hydrogens (tertiary/aromatic N) is 3. The summed E-state index contributed by atoms with van der Waals surface area (Å²) in [6, 6.07) is 1.69. The highest BCUT2D eigenvalue weighted by molar-refractivity contribution is 5.84. The molecule has 1 aliphatic carbocycles. The van der Waals surface area contributed by atoms with Crippen LogP contribution in [0.15, 0.2) is 12.4 Å². The van der Waals surface area contributed by atoms with E-state index in [1.165, 1.54) is 18.0 Å². The molecule has 3 aliphatic rings. The first-order valence-corrected chi connectivity index (χ1v) is 8.10. The number of hydrogen-bond donors (Lipinski definition) is 0. The average Bonchev–Trinajstić information content (AvgIpc) is 3.37. The van der Waals surface area contributed by atoms with Crippen LogP contribution in [-0.2, 0) is 4.79 Å². The van der Waals surface area contributed by atoms with E-state index in [1.54, 1.807) is 6.20 Å². The van der Waals surface area contributed by atoms with Crippen molar-refractivity contribution >= 4 is 5.91 Å². The molecule has 7 heteroatoms. The number of alkyl halides is 2. The number of amides is 1. The van der Waals surface area contributed by atoms with Crippen molar-refractivity contribution in [2.75, 3.05) is 6.54 Å². The highest BCUT2D eigenvalue weighted by atomic mass is 19.3. The van der Waals surface area contributed by atoms with Gasteiger partial charge in [0.15, 0.2) is 0 Å². The normalized spacial score (nSPS) is 27.2. The van der Waals surface area contributed by atoms with Gasteiger partial charge in [-0.3, -0.25) is 9.78 Å². The summed E-state index contributed by atoms with van der Waals surface area (Å²) in [5, 5.41) is 9.19. The van der Waals surface area contributed by atoms with Gasteiger partial charge in [0.1, 0.15) is 28.9 Å². The largest absolute Gasteiger partial charge is 0.487 e. The smallest absolute Gasteiger partial charge is 0.252 e. The number of likely N-dealkylation sites (tertiary alicyclic amines) is 1. The molecule has 0 aromatic carbocycles. The van der Waals surface area contributed by atoms with Crippen molar-refractivity contribution in [1.29, 1.82) is 5.26 Å². The fraction of sp³-hybridized carbons (Fsp3) is 0.588. The van der Waals surface area contributed by atoms with Gasteiger partial charge in [-0.25, -0.2) is 8.78 Å². The second kappa shape index (κ2) is 5.13. The van der Waals surface area contributed by atoms with Crippen molar-refractivity contribution in [1.82, 2.24) is 9.88 Å². The number of pyridine rings is 1.